The summed E-state index contributed by atoms with van der Waals surface area (Å²) in [4.78, 5) is 21.7. The van der Waals surface area contributed by atoms with E-state index in [0.29, 0.717) is 11.1 Å². The lowest BCUT2D eigenvalue weighted by molar-refractivity contribution is -0.147. The van der Waals surface area contributed by atoms with Gasteiger partial charge in [-0.3, -0.25) is 0 Å². The molecule has 15 heavy (non-hydrogen) atoms. The number of ether oxygens (including phenoxy) is 2. The summed E-state index contributed by atoms with van der Waals surface area (Å²) in [5, 5.41) is 0. The van der Waals surface area contributed by atoms with E-state index in [4.69, 9.17) is 0 Å². The summed E-state index contributed by atoms with van der Waals surface area (Å²) in [5.74, 6) is -0.979. The van der Waals surface area contributed by atoms with Crippen LogP contribution in [-0.4, -0.2) is 25.2 Å². The highest BCUT2D eigenvalue weighted by atomic mass is 16.6. The van der Waals surface area contributed by atoms with E-state index in [-0.39, 0.29) is 20.6 Å². The van der Waals surface area contributed by atoms with E-state index >= 15 is 0 Å². The van der Waals surface area contributed by atoms with Crippen molar-refractivity contribution in [1.29, 1.82) is 0 Å². The van der Waals surface area contributed by atoms with Crippen LogP contribution in [0.2, 0.25) is 0 Å². The molecule has 0 N–H and O–H groups in total. The van der Waals surface area contributed by atoms with Crippen molar-refractivity contribution >= 4 is 11.9 Å². The van der Waals surface area contributed by atoms with E-state index in [9.17, 15) is 9.59 Å². The Labute approximate surface area is 90.6 Å². The van der Waals surface area contributed by atoms with Crippen LogP contribution in [0.5, 0.6) is 0 Å². The van der Waals surface area contributed by atoms with Crippen molar-refractivity contribution in [2.75, 3.05) is 13.2 Å². The second-order valence-corrected chi connectivity index (χ2v) is 2.83. The number of esters is 2. The quantitative estimate of drug-likeness (QED) is 0.398. The SMILES string of the molecule is C.C=C(C)C(=O)OCCOC(=O)C(=C)C. The zero-order valence-electron chi connectivity index (χ0n) is 8.46. The van der Waals surface area contributed by atoms with Crippen LogP contribution in [0.15, 0.2) is 24.3 Å². The number of rotatable bonds is 5. The highest BCUT2D eigenvalue weighted by Gasteiger charge is 2.05. The molecule has 0 spiro atoms. The Balaban J connectivity index is 0. The monoisotopic (exact) mass is 214 g/mol. The topological polar surface area (TPSA) is 52.6 Å². The summed E-state index contributed by atoms with van der Waals surface area (Å²) in [6, 6.07) is 0. The molecule has 0 heterocycles. The van der Waals surface area contributed by atoms with E-state index in [0.717, 1.165) is 0 Å². The first-order chi connectivity index (χ1) is 6.45. The van der Waals surface area contributed by atoms with Crippen LogP contribution in [0.3, 0.4) is 0 Å². The number of carbonyl (C=O) groups is 2. The van der Waals surface area contributed by atoms with Gasteiger partial charge in [-0.2, -0.15) is 0 Å². The summed E-state index contributed by atoms with van der Waals surface area (Å²) in [6.45, 7) is 9.95. The molecule has 0 bridgehead atoms. The smallest absolute Gasteiger partial charge is 0.333 e. The molecule has 4 nitrogen and oxygen atoms in total. The molecule has 0 unspecified atom stereocenters. The van der Waals surface area contributed by atoms with Gasteiger partial charge in [0.15, 0.2) is 0 Å². The second-order valence-electron chi connectivity index (χ2n) is 2.83. The van der Waals surface area contributed by atoms with E-state index in [1.807, 2.05) is 0 Å². The van der Waals surface area contributed by atoms with Gasteiger partial charge in [-0.1, -0.05) is 20.6 Å². The Kier molecular flexibility index (Phi) is 8.24. The fraction of sp³-hybridized carbons (Fsp3) is 0.455. The van der Waals surface area contributed by atoms with Gasteiger partial charge in [0.05, 0.1) is 0 Å². The van der Waals surface area contributed by atoms with Crippen molar-refractivity contribution in [2.45, 2.75) is 21.3 Å². The third-order valence-corrected chi connectivity index (χ3v) is 1.25. The highest BCUT2D eigenvalue weighted by molar-refractivity contribution is 5.87. The first kappa shape index (κ1) is 15.9. The van der Waals surface area contributed by atoms with Crippen LogP contribution in [-0.2, 0) is 19.1 Å². The predicted octanol–water partition coefficient (Wildman–Crippen LogP) is 1.86. The molecule has 0 fully saturated rings. The number of carbonyl (C=O) groups excluding carboxylic acids is 2. The minimum Gasteiger partial charge on any atom is -0.459 e. The van der Waals surface area contributed by atoms with Crippen LogP contribution >= 0.6 is 0 Å². The Bertz CT molecular complexity index is 238. The molecule has 0 aromatic heterocycles. The summed E-state index contributed by atoms with van der Waals surface area (Å²) >= 11 is 0. The fourth-order valence-corrected chi connectivity index (χ4v) is 0.515. The Morgan fingerprint density at radius 1 is 0.933 bits per heavy atom. The molecule has 0 radical (unpaired) electrons. The molecule has 4 heteroatoms. The van der Waals surface area contributed by atoms with Gasteiger partial charge in [-0.25, -0.2) is 9.59 Å². The Morgan fingerprint density at radius 2 is 1.20 bits per heavy atom. The first-order valence-corrected chi connectivity index (χ1v) is 4.10. The van der Waals surface area contributed by atoms with Gasteiger partial charge in [0, 0.05) is 11.1 Å². The van der Waals surface area contributed by atoms with E-state index in [2.05, 4.69) is 22.6 Å². The Morgan fingerprint density at radius 3 is 1.40 bits per heavy atom. The van der Waals surface area contributed by atoms with Crippen molar-refractivity contribution < 1.29 is 19.1 Å². The summed E-state index contributed by atoms with van der Waals surface area (Å²) in [6.07, 6.45) is 0. The van der Waals surface area contributed by atoms with Crippen molar-refractivity contribution in [1.82, 2.24) is 0 Å². The van der Waals surface area contributed by atoms with Crippen LogP contribution < -0.4 is 0 Å². The Hall–Kier alpha value is -1.58. The molecule has 0 saturated carbocycles. The third kappa shape index (κ3) is 7.49. The molecule has 86 valence electrons. The standard InChI is InChI=1S/C10H14O4.CH4/c1-7(2)9(11)13-5-6-14-10(12)8(3)4;/h1,3,5-6H2,2,4H3;1H4. The maximum atomic E-state index is 10.8. The molecular weight excluding hydrogens is 196 g/mol. The zero-order valence-corrected chi connectivity index (χ0v) is 8.46. The highest BCUT2D eigenvalue weighted by Crippen LogP contribution is 1.94. The lowest BCUT2D eigenvalue weighted by Gasteiger charge is -2.05. The van der Waals surface area contributed by atoms with Gasteiger partial charge in [0.25, 0.3) is 0 Å². The largest absolute Gasteiger partial charge is 0.459 e. The summed E-state index contributed by atoms with van der Waals surface area (Å²) < 4.78 is 9.38. The maximum absolute atomic E-state index is 10.8. The normalized spacial score (nSPS) is 8.40. The van der Waals surface area contributed by atoms with Gasteiger partial charge >= 0.3 is 11.9 Å². The molecule has 0 saturated heterocycles. The van der Waals surface area contributed by atoms with Gasteiger partial charge < -0.3 is 9.47 Å². The zero-order chi connectivity index (χ0) is 11.1. The molecule has 0 aromatic rings. The van der Waals surface area contributed by atoms with Crippen LogP contribution in [0.4, 0.5) is 0 Å². The van der Waals surface area contributed by atoms with E-state index < -0.39 is 11.9 Å². The first-order valence-electron chi connectivity index (χ1n) is 4.10. The molecule has 0 aromatic carbocycles. The molecule has 0 amide bonds. The predicted molar refractivity (Wildman–Crippen MR) is 58.3 cm³/mol. The fourth-order valence-electron chi connectivity index (χ4n) is 0.515. The second kappa shape index (κ2) is 7.79. The third-order valence-electron chi connectivity index (χ3n) is 1.25. The van der Waals surface area contributed by atoms with Gasteiger partial charge in [0.2, 0.25) is 0 Å². The molecular formula is C11H18O4. The lowest BCUT2D eigenvalue weighted by Crippen LogP contribution is -2.14. The molecule has 0 aliphatic rings. The number of hydrogen-bond donors (Lipinski definition) is 0. The van der Waals surface area contributed by atoms with Crippen LogP contribution in [0.25, 0.3) is 0 Å². The number of hydrogen-bond acceptors (Lipinski definition) is 4. The van der Waals surface area contributed by atoms with Gasteiger partial charge in [-0.15, -0.1) is 0 Å². The molecule has 0 rings (SSSR count). The minimum atomic E-state index is -0.489. The van der Waals surface area contributed by atoms with Crippen molar-refractivity contribution in [2.24, 2.45) is 0 Å². The van der Waals surface area contributed by atoms with Crippen molar-refractivity contribution in [3.05, 3.63) is 24.3 Å². The van der Waals surface area contributed by atoms with Crippen molar-refractivity contribution in [3.63, 3.8) is 0 Å². The molecule has 0 aliphatic carbocycles. The summed E-state index contributed by atoms with van der Waals surface area (Å²) in [5.41, 5.74) is 0.632. The molecule has 0 aliphatic heterocycles. The lowest BCUT2D eigenvalue weighted by atomic mass is 10.4. The average molecular weight is 214 g/mol. The van der Waals surface area contributed by atoms with Gasteiger partial charge in [-0.05, 0) is 13.8 Å². The minimum absolute atomic E-state index is 0. The maximum Gasteiger partial charge on any atom is 0.333 e. The average Bonchev–Trinajstić information content (AvgIpc) is 2.11. The van der Waals surface area contributed by atoms with E-state index in [1.165, 1.54) is 0 Å². The summed E-state index contributed by atoms with van der Waals surface area (Å²) in [7, 11) is 0. The molecule has 0 atom stereocenters. The van der Waals surface area contributed by atoms with E-state index in [1.54, 1.807) is 13.8 Å². The van der Waals surface area contributed by atoms with Crippen LogP contribution in [0.1, 0.15) is 21.3 Å². The van der Waals surface area contributed by atoms with Crippen molar-refractivity contribution in [3.8, 4) is 0 Å². The van der Waals surface area contributed by atoms with Crippen LogP contribution in [0, 0.1) is 0 Å². The van der Waals surface area contributed by atoms with Gasteiger partial charge in [0.1, 0.15) is 13.2 Å².